The van der Waals surface area contributed by atoms with Gasteiger partial charge in [-0.1, -0.05) is 6.58 Å². The van der Waals surface area contributed by atoms with Crippen molar-refractivity contribution in [3.8, 4) is 0 Å². The highest BCUT2D eigenvalue weighted by molar-refractivity contribution is 4.97. The molecule has 1 heterocycles. The number of ether oxygens (including phenoxy) is 1. The average Bonchev–Trinajstić information content (AvgIpc) is 1.94. The molecule has 0 unspecified atom stereocenters. The Balaban J connectivity index is 2.27. The maximum absolute atomic E-state index is 5.14. The second-order valence-corrected chi connectivity index (χ2v) is 1.98. The lowest BCUT2D eigenvalue weighted by Crippen LogP contribution is -2.16. The van der Waals surface area contributed by atoms with Crippen LogP contribution in [0, 0.1) is 0 Å². The van der Waals surface area contributed by atoms with Gasteiger partial charge in [0.25, 0.3) is 0 Å². The van der Waals surface area contributed by atoms with Gasteiger partial charge in [0.05, 0.1) is 13.2 Å². The van der Waals surface area contributed by atoms with Gasteiger partial charge in [-0.25, -0.2) is 0 Å². The first-order chi connectivity index (χ1) is 3.89. The third-order valence-corrected chi connectivity index (χ3v) is 1.10. The van der Waals surface area contributed by atoms with Crippen molar-refractivity contribution in [1.82, 2.24) is 5.32 Å². The first kappa shape index (κ1) is 5.79. The van der Waals surface area contributed by atoms with Crippen LogP contribution in [0.2, 0.25) is 0 Å². The average molecular weight is 113 g/mol. The van der Waals surface area contributed by atoms with Crippen LogP contribution in [-0.4, -0.2) is 26.3 Å². The number of rotatable bonds is 0. The van der Waals surface area contributed by atoms with Crippen molar-refractivity contribution >= 4 is 0 Å². The van der Waals surface area contributed by atoms with Crippen molar-refractivity contribution < 1.29 is 4.74 Å². The standard InChI is InChI=1S/C6H11NO/c1-6-4-7-2-3-8-5-6/h7H,1-5H2. The maximum Gasteiger partial charge on any atom is 0.0687 e. The third kappa shape index (κ3) is 1.64. The summed E-state index contributed by atoms with van der Waals surface area (Å²) in [6.07, 6.45) is 0. The van der Waals surface area contributed by atoms with Gasteiger partial charge in [0.15, 0.2) is 0 Å². The normalized spacial score (nSPS) is 22.8. The van der Waals surface area contributed by atoms with Crippen LogP contribution in [0.1, 0.15) is 0 Å². The predicted molar refractivity (Wildman–Crippen MR) is 32.8 cm³/mol. The molecule has 1 aliphatic rings. The molecule has 8 heavy (non-hydrogen) atoms. The van der Waals surface area contributed by atoms with E-state index in [-0.39, 0.29) is 0 Å². The molecule has 0 saturated carbocycles. The smallest absolute Gasteiger partial charge is 0.0687 e. The zero-order valence-corrected chi connectivity index (χ0v) is 4.94. The van der Waals surface area contributed by atoms with Crippen LogP contribution in [0.25, 0.3) is 0 Å². The second kappa shape index (κ2) is 2.84. The zero-order valence-electron chi connectivity index (χ0n) is 4.94. The zero-order chi connectivity index (χ0) is 5.82. The van der Waals surface area contributed by atoms with Gasteiger partial charge in [-0.05, 0) is 5.57 Å². The van der Waals surface area contributed by atoms with Gasteiger partial charge in [0, 0.05) is 13.1 Å². The van der Waals surface area contributed by atoms with Gasteiger partial charge in [-0.2, -0.15) is 0 Å². The Morgan fingerprint density at radius 3 is 3.38 bits per heavy atom. The fourth-order valence-corrected chi connectivity index (χ4v) is 0.677. The Morgan fingerprint density at radius 2 is 2.50 bits per heavy atom. The summed E-state index contributed by atoms with van der Waals surface area (Å²) in [4.78, 5) is 0. The summed E-state index contributed by atoms with van der Waals surface area (Å²) < 4.78 is 5.14. The van der Waals surface area contributed by atoms with Crippen LogP contribution in [0.15, 0.2) is 12.2 Å². The number of hydrogen-bond donors (Lipinski definition) is 1. The Kier molecular flexibility index (Phi) is 2.06. The molecule has 0 radical (unpaired) electrons. The van der Waals surface area contributed by atoms with Crippen molar-refractivity contribution in [3.05, 3.63) is 12.2 Å². The minimum Gasteiger partial charge on any atom is -0.376 e. The summed E-state index contributed by atoms with van der Waals surface area (Å²) in [6, 6.07) is 0. The molecule has 0 spiro atoms. The Labute approximate surface area is 49.5 Å². The minimum atomic E-state index is 0.729. The number of nitrogens with one attached hydrogen (secondary N) is 1. The van der Waals surface area contributed by atoms with Crippen LogP contribution >= 0.6 is 0 Å². The van der Waals surface area contributed by atoms with Gasteiger partial charge in [-0.3, -0.25) is 0 Å². The van der Waals surface area contributed by atoms with Crippen molar-refractivity contribution in [1.29, 1.82) is 0 Å². The lowest BCUT2D eigenvalue weighted by Gasteiger charge is -1.95. The molecule has 0 aromatic heterocycles. The van der Waals surface area contributed by atoms with E-state index in [1.165, 1.54) is 0 Å². The van der Waals surface area contributed by atoms with Crippen LogP contribution in [0.5, 0.6) is 0 Å². The summed E-state index contributed by atoms with van der Waals surface area (Å²) in [5.41, 5.74) is 1.14. The summed E-state index contributed by atoms with van der Waals surface area (Å²) in [5, 5.41) is 3.17. The fraction of sp³-hybridized carbons (Fsp3) is 0.667. The van der Waals surface area contributed by atoms with Gasteiger partial charge in [0.2, 0.25) is 0 Å². The highest BCUT2D eigenvalue weighted by Gasteiger charge is 1.98. The predicted octanol–water partition coefficient (Wildman–Crippen LogP) is 0.162. The molecule has 2 nitrogen and oxygen atoms in total. The van der Waals surface area contributed by atoms with Crippen molar-refractivity contribution in [2.24, 2.45) is 0 Å². The van der Waals surface area contributed by atoms with Crippen molar-refractivity contribution in [3.63, 3.8) is 0 Å². The summed E-state index contributed by atoms with van der Waals surface area (Å²) in [6.45, 7) is 7.21. The van der Waals surface area contributed by atoms with Gasteiger partial charge in [0.1, 0.15) is 0 Å². The van der Waals surface area contributed by atoms with Crippen LogP contribution < -0.4 is 5.32 Å². The third-order valence-electron chi connectivity index (χ3n) is 1.10. The van der Waals surface area contributed by atoms with Crippen molar-refractivity contribution in [2.75, 3.05) is 26.3 Å². The van der Waals surface area contributed by atoms with Gasteiger partial charge >= 0.3 is 0 Å². The monoisotopic (exact) mass is 113 g/mol. The molecule has 0 aromatic carbocycles. The van der Waals surface area contributed by atoms with E-state index in [2.05, 4.69) is 11.9 Å². The summed E-state index contributed by atoms with van der Waals surface area (Å²) >= 11 is 0. The summed E-state index contributed by atoms with van der Waals surface area (Å²) in [7, 11) is 0. The molecule has 1 aliphatic heterocycles. The van der Waals surface area contributed by atoms with Gasteiger partial charge < -0.3 is 10.1 Å². The van der Waals surface area contributed by atoms with E-state index in [1.807, 2.05) is 0 Å². The molecule has 1 rings (SSSR count). The Hall–Kier alpha value is -0.340. The molecular formula is C6H11NO. The highest BCUT2D eigenvalue weighted by atomic mass is 16.5. The first-order valence-corrected chi connectivity index (χ1v) is 2.85. The SMILES string of the molecule is C=C1CNCCOC1. The molecule has 0 amide bonds. The molecule has 1 N–H and O–H groups in total. The molecular weight excluding hydrogens is 102 g/mol. The molecule has 0 atom stereocenters. The highest BCUT2D eigenvalue weighted by Crippen LogP contribution is 1.91. The van der Waals surface area contributed by atoms with Gasteiger partial charge in [-0.15, -0.1) is 0 Å². The van der Waals surface area contributed by atoms with E-state index in [1.54, 1.807) is 0 Å². The van der Waals surface area contributed by atoms with E-state index in [0.29, 0.717) is 0 Å². The summed E-state index contributed by atoms with van der Waals surface area (Å²) in [5.74, 6) is 0. The fourth-order valence-electron chi connectivity index (χ4n) is 0.677. The van der Waals surface area contributed by atoms with Crippen LogP contribution in [0.3, 0.4) is 0 Å². The lowest BCUT2D eigenvalue weighted by atomic mass is 10.3. The Bertz CT molecular complexity index is 80.5. The Morgan fingerprint density at radius 1 is 1.62 bits per heavy atom. The molecule has 46 valence electrons. The molecule has 1 fully saturated rings. The quantitative estimate of drug-likeness (QED) is 0.452. The molecule has 0 aliphatic carbocycles. The maximum atomic E-state index is 5.14. The lowest BCUT2D eigenvalue weighted by molar-refractivity contribution is 0.170. The van der Waals surface area contributed by atoms with Crippen LogP contribution in [-0.2, 0) is 4.74 Å². The topological polar surface area (TPSA) is 21.3 Å². The van der Waals surface area contributed by atoms with E-state index in [4.69, 9.17) is 4.74 Å². The first-order valence-electron chi connectivity index (χ1n) is 2.85. The largest absolute Gasteiger partial charge is 0.376 e. The second-order valence-electron chi connectivity index (χ2n) is 1.98. The minimum absolute atomic E-state index is 0.729. The molecule has 2 heteroatoms. The van der Waals surface area contributed by atoms with Crippen LogP contribution in [0.4, 0.5) is 0 Å². The van der Waals surface area contributed by atoms with E-state index < -0.39 is 0 Å². The van der Waals surface area contributed by atoms with Crippen molar-refractivity contribution in [2.45, 2.75) is 0 Å². The number of hydrogen-bond acceptors (Lipinski definition) is 2. The van der Waals surface area contributed by atoms with E-state index >= 15 is 0 Å². The van der Waals surface area contributed by atoms with E-state index in [0.717, 1.165) is 31.9 Å². The molecule has 1 saturated heterocycles. The molecule has 0 aromatic rings. The molecule has 0 bridgehead atoms. The van der Waals surface area contributed by atoms with E-state index in [9.17, 15) is 0 Å².